The number of thioether (sulfide) groups is 1. The average molecular weight is 522 g/mol. The number of carbonyl (C=O) groups excluding carboxylic acids is 3. The van der Waals surface area contributed by atoms with Gasteiger partial charge in [0.05, 0.1) is 23.4 Å². The van der Waals surface area contributed by atoms with E-state index in [2.05, 4.69) is 10.3 Å². The Morgan fingerprint density at radius 3 is 2.53 bits per heavy atom. The number of benzene rings is 2. The molecule has 0 saturated carbocycles. The second-order valence-corrected chi connectivity index (χ2v) is 9.11. The topological polar surface area (TPSA) is 88.1 Å². The smallest absolute Gasteiger partial charge is 0.416 e. The Morgan fingerprint density at radius 2 is 1.89 bits per heavy atom. The Morgan fingerprint density at radius 1 is 1.17 bits per heavy atom. The summed E-state index contributed by atoms with van der Waals surface area (Å²) in [5.41, 5.74) is -0.0561. The second-order valence-electron chi connectivity index (χ2n) is 7.94. The molecule has 1 aliphatic rings. The predicted molar refractivity (Wildman–Crippen MR) is 132 cm³/mol. The van der Waals surface area contributed by atoms with Crippen molar-refractivity contribution in [3.05, 3.63) is 59.7 Å². The van der Waals surface area contributed by atoms with Crippen LogP contribution >= 0.6 is 11.8 Å². The molecule has 1 atom stereocenters. The van der Waals surface area contributed by atoms with Crippen LogP contribution in [-0.2, 0) is 20.5 Å². The number of hydrogen-bond donors (Lipinski definition) is 1. The largest absolute Gasteiger partial charge is 0.462 e. The lowest BCUT2D eigenvalue weighted by atomic mass is 10.2. The zero-order valence-corrected chi connectivity index (χ0v) is 20.6. The summed E-state index contributed by atoms with van der Waals surface area (Å²) in [5.74, 6) is -1.26. The summed E-state index contributed by atoms with van der Waals surface area (Å²) in [6, 6.07) is 10.6. The molecule has 192 valence electrons. The van der Waals surface area contributed by atoms with E-state index in [1.54, 1.807) is 19.1 Å². The lowest BCUT2D eigenvalue weighted by Gasteiger charge is -2.31. The minimum atomic E-state index is -4.53. The van der Waals surface area contributed by atoms with Crippen LogP contribution in [-0.4, -0.2) is 46.3 Å². The first-order valence-corrected chi connectivity index (χ1v) is 12.3. The summed E-state index contributed by atoms with van der Waals surface area (Å²) in [6.07, 6.45) is -3.13. The molecule has 0 radical (unpaired) electrons. The summed E-state index contributed by atoms with van der Waals surface area (Å²) >= 11 is 1.03. The number of nitrogens with one attached hydrogen (secondary N) is 1. The number of alkyl halides is 3. The lowest BCUT2D eigenvalue weighted by Crippen LogP contribution is -2.45. The van der Waals surface area contributed by atoms with E-state index in [0.717, 1.165) is 30.3 Å². The number of ether oxygens (including phenoxy) is 1. The van der Waals surface area contributed by atoms with Gasteiger partial charge in [0.15, 0.2) is 5.17 Å². The highest BCUT2D eigenvalue weighted by Gasteiger charge is 2.36. The van der Waals surface area contributed by atoms with Crippen LogP contribution in [0.3, 0.4) is 0 Å². The second kappa shape index (κ2) is 12.1. The van der Waals surface area contributed by atoms with Gasteiger partial charge in [0.25, 0.3) is 0 Å². The van der Waals surface area contributed by atoms with Crippen molar-refractivity contribution < 1.29 is 32.3 Å². The molecule has 2 aromatic carbocycles. The van der Waals surface area contributed by atoms with E-state index in [1.807, 2.05) is 6.92 Å². The van der Waals surface area contributed by atoms with Gasteiger partial charge in [0.2, 0.25) is 11.8 Å². The summed E-state index contributed by atoms with van der Waals surface area (Å²) in [6.45, 7) is 4.24. The number of carbonyl (C=O) groups is 3. The van der Waals surface area contributed by atoms with Crippen LogP contribution in [0.15, 0.2) is 53.5 Å². The van der Waals surface area contributed by atoms with Gasteiger partial charge in [0.1, 0.15) is 5.25 Å². The Labute approximate surface area is 211 Å². The summed E-state index contributed by atoms with van der Waals surface area (Å²) in [4.78, 5) is 43.4. The molecule has 0 aromatic heterocycles. The van der Waals surface area contributed by atoms with Gasteiger partial charge in [-0.3, -0.25) is 14.5 Å². The third kappa shape index (κ3) is 7.09. The fourth-order valence-corrected chi connectivity index (χ4v) is 4.49. The molecule has 1 heterocycles. The number of esters is 1. The number of aliphatic imine (C=N–C) groups is 1. The van der Waals surface area contributed by atoms with Crippen molar-refractivity contribution in [2.45, 2.75) is 44.5 Å². The normalized spacial score (nSPS) is 17.2. The molecular formula is C25H26F3N3O4S. The van der Waals surface area contributed by atoms with E-state index in [0.29, 0.717) is 24.2 Å². The zero-order valence-electron chi connectivity index (χ0n) is 19.8. The maximum Gasteiger partial charge on any atom is 0.416 e. The van der Waals surface area contributed by atoms with Crippen LogP contribution in [0.25, 0.3) is 0 Å². The van der Waals surface area contributed by atoms with Crippen molar-refractivity contribution in [2.75, 3.05) is 18.5 Å². The van der Waals surface area contributed by atoms with E-state index in [1.165, 1.54) is 29.2 Å². The minimum Gasteiger partial charge on any atom is -0.462 e. The molecule has 0 unspecified atom stereocenters. The molecule has 3 rings (SSSR count). The lowest BCUT2D eigenvalue weighted by molar-refractivity contribution is -0.137. The van der Waals surface area contributed by atoms with Crippen LogP contribution in [0.2, 0.25) is 0 Å². The highest BCUT2D eigenvalue weighted by Crippen LogP contribution is 2.34. The third-order valence-corrected chi connectivity index (χ3v) is 6.42. The predicted octanol–water partition coefficient (Wildman–Crippen LogP) is 5.64. The molecule has 36 heavy (non-hydrogen) atoms. The fourth-order valence-electron chi connectivity index (χ4n) is 3.37. The van der Waals surface area contributed by atoms with Gasteiger partial charge in [-0.05, 0) is 55.8 Å². The molecular weight excluding hydrogens is 495 g/mol. The highest BCUT2D eigenvalue weighted by molar-refractivity contribution is 8.15. The van der Waals surface area contributed by atoms with Gasteiger partial charge in [0, 0.05) is 18.7 Å². The molecule has 1 saturated heterocycles. The molecule has 11 heteroatoms. The van der Waals surface area contributed by atoms with Gasteiger partial charge in [-0.15, -0.1) is 0 Å². The third-order valence-electron chi connectivity index (χ3n) is 5.23. The van der Waals surface area contributed by atoms with Gasteiger partial charge in [-0.25, -0.2) is 9.79 Å². The first kappa shape index (κ1) is 27.3. The van der Waals surface area contributed by atoms with Crippen molar-refractivity contribution in [1.29, 1.82) is 0 Å². The zero-order chi connectivity index (χ0) is 26.3. The summed E-state index contributed by atoms with van der Waals surface area (Å²) < 4.78 is 44.3. The molecule has 0 bridgehead atoms. The molecule has 2 aromatic rings. The average Bonchev–Trinajstić information content (AvgIpc) is 2.83. The van der Waals surface area contributed by atoms with Crippen LogP contribution in [0.5, 0.6) is 0 Å². The van der Waals surface area contributed by atoms with Crippen LogP contribution < -0.4 is 5.32 Å². The Hall–Kier alpha value is -3.34. The molecule has 1 aliphatic heterocycles. The Bertz CT molecular complexity index is 1140. The van der Waals surface area contributed by atoms with Crippen molar-refractivity contribution in [2.24, 2.45) is 4.99 Å². The number of nitrogens with zero attached hydrogens (tertiary/aromatic N) is 2. The first-order chi connectivity index (χ1) is 17.1. The monoisotopic (exact) mass is 521 g/mol. The maximum atomic E-state index is 13.1. The van der Waals surface area contributed by atoms with Crippen molar-refractivity contribution >= 4 is 46.1 Å². The molecule has 0 spiro atoms. The number of anilines is 1. The molecule has 0 aliphatic carbocycles. The van der Waals surface area contributed by atoms with Crippen molar-refractivity contribution in [3.8, 4) is 0 Å². The standard InChI is InChI=1S/C25H26F3N3O4S/c1-3-5-13-31-21(32)15-20(22(33)29-18-11-9-16(10-12-18)23(34)35-4-2)36-24(31)30-19-8-6-7-17(14-19)25(26,27)28/h6-12,14,20H,3-5,13,15H2,1-2H3,(H,29,33)/t20-/m0/s1. The van der Waals surface area contributed by atoms with Gasteiger partial charge in [-0.1, -0.05) is 31.2 Å². The maximum absolute atomic E-state index is 13.1. The van der Waals surface area contributed by atoms with E-state index < -0.39 is 28.9 Å². The Kier molecular flexibility index (Phi) is 9.14. The quantitative estimate of drug-likeness (QED) is 0.454. The van der Waals surface area contributed by atoms with Gasteiger partial charge < -0.3 is 10.1 Å². The Balaban J connectivity index is 1.80. The fraction of sp³-hybridized carbons (Fsp3) is 0.360. The van der Waals surface area contributed by atoms with Gasteiger partial charge in [-0.2, -0.15) is 13.2 Å². The number of rotatable bonds is 8. The van der Waals surface area contributed by atoms with Gasteiger partial charge >= 0.3 is 12.1 Å². The summed E-state index contributed by atoms with van der Waals surface area (Å²) in [7, 11) is 0. The van der Waals surface area contributed by atoms with Crippen LogP contribution in [0.1, 0.15) is 49.0 Å². The minimum absolute atomic E-state index is 0.0391. The van der Waals surface area contributed by atoms with E-state index in [-0.39, 0.29) is 29.8 Å². The van der Waals surface area contributed by atoms with Crippen LogP contribution in [0.4, 0.5) is 24.5 Å². The SMILES string of the molecule is CCCCN1C(=O)C[C@@H](C(=O)Nc2ccc(C(=O)OCC)cc2)SC1=Nc1cccc(C(F)(F)F)c1. The van der Waals surface area contributed by atoms with E-state index in [9.17, 15) is 27.6 Å². The first-order valence-electron chi connectivity index (χ1n) is 11.4. The van der Waals surface area contributed by atoms with E-state index in [4.69, 9.17) is 4.74 Å². The van der Waals surface area contributed by atoms with Crippen molar-refractivity contribution in [1.82, 2.24) is 4.90 Å². The molecule has 2 amide bonds. The highest BCUT2D eigenvalue weighted by atomic mass is 32.2. The van der Waals surface area contributed by atoms with Crippen LogP contribution in [0, 0.1) is 0 Å². The molecule has 1 fully saturated rings. The number of hydrogen-bond acceptors (Lipinski definition) is 6. The molecule has 1 N–H and O–H groups in total. The van der Waals surface area contributed by atoms with E-state index >= 15 is 0 Å². The number of amidine groups is 1. The number of unbranched alkanes of at least 4 members (excludes halogenated alkanes) is 1. The number of halogens is 3. The van der Waals surface area contributed by atoms with Crippen molar-refractivity contribution in [3.63, 3.8) is 0 Å². The molecule has 7 nitrogen and oxygen atoms in total. The number of amides is 2. The summed E-state index contributed by atoms with van der Waals surface area (Å²) in [5, 5.41) is 2.06.